The highest BCUT2D eigenvalue weighted by atomic mass is 16.5. The molecule has 0 bridgehead atoms. The van der Waals surface area contributed by atoms with Crippen LogP contribution in [0.5, 0.6) is 5.75 Å². The molecule has 2 aromatic rings. The predicted octanol–water partition coefficient (Wildman–Crippen LogP) is 3.88. The average Bonchev–Trinajstić information content (AvgIpc) is 3.25. The van der Waals surface area contributed by atoms with Crippen LogP contribution in [0.15, 0.2) is 30.3 Å². The van der Waals surface area contributed by atoms with Gasteiger partial charge in [0.25, 0.3) is 0 Å². The molecule has 1 saturated carbocycles. The lowest BCUT2D eigenvalue weighted by Crippen LogP contribution is -2.25. The van der Waals surface area contributed by atoms with E-state index in [1.165, 1.54) is 24.1 Å². The molecular formula is C19H27N3O. The van der Waals surface area contributed by atoms with E-state index in [2.05, 4.69) is 54.1 Å². The zero-order chi connectivity index (χ0) is 16.4. The molecule has 1 aliphatic rings. The van der Waals surface area contributed by atoms with Crippen molar-refractivity contribution in [1.82, 2.24) is 15.1 Å². The van der Waals surface area contributed by atoms with Gasteiger partial charge in [-0.05, 0) is 25.0 Å². The van der Waals surface area contributed by atoms with Crippen LogP contribution in [-0.2, 0) is 18.5 Å². The van der Waals surface area contributed by atoms with E-state index in [-0.39, 0.29) is 5.41 Å². The Morgan fingerprint density at radius 3 is 2.57 bits per heavy atom. The van der Waals surface area contributed by atoms with E-state index >= 15 is 0 Å². The van der Waals surface area contributed by atoms with Gasteiger partial charge in [0, 0.05) is 35.8 Å². The quantitative estimate of drug-likeness (QED) is 0.880. The van der Waals surface area contributed by atoms with Gasteiger partial charge in [-0.2, -0.15) is 5.10 Å². The van der Waals surface area contributed by atoms with Gasteiger partial charge in [-0.1, -0.05) is 39.0 Å². The summed E-state index contributed by atoms with van der Waals surface area (Å²) in [6.07, 6.45) is 2.57. The molecule has 4 heteroatoms. The normalized spacial score (nSPS) is 15.2. The van der Waals surface area contributed by atoms with Crippen molar-refractivity contribution in [3.05, 3.63) is 47.3 Å². The maximum atomic E-state index is 5.50. The molecule has 1 fully saturated rings. The summed E-state index contributed by atoms with van der Waals surface area (Å²) in [5.41, 5.74) is 3.65. The van der Waals surface area contributed by atoms with Gasteiger partial charge in [0.2, 0.25) is 0 Å². The van der Waals surface area contributed by atoms with Gasteiger partial charge in [-0.25, -0.2) is 0 Å². The van der Waals surface area contributed by atoms with Crippen molar-refractivity contribution in [3.8, 4) is 5.75 Å². The van der Waals surface area contributed by atoms with Crippen molar-refractivity contribution in [1.29, 1.82) is 0 Å². The van der Waals surface area contributed by atoms with E-state index in [4.69, 9.17) is 4.74 Å². The Morgan fingerprint density at radius 1 is 1.22 bits per heavy atom. The Balaban J connectivity index is 1.74. The van der Waals surface area contributed by atoms with Gasteiger partial charge >= 0.3 is 0 Å². The van der Waals surface area contributed by atoms with Crippen LogP contribution in [0.3, 0.4) is 0 Å². The van der Waals surface area contributed by atoms with Crippen molar-refractivity contribution in [2.24, 2.45) is 0 Å². The molecule has 3 rings (SSSR count). The van der Waals surface area contributed by atoms with Crippen LogP contribution < -0.4 is 4.74 Å². The van der Waals surface area contributed by atoms with Crippen LogP contribution in [0.1, 0.15) is 50.6 Å². The fraction of sp³-hybridized carbons (Fsp3) is 0.526. The summed E-state index contributed by atoms with van der Waals surface area (Å²) >= 11 is 0. The number of aromatic amines is 1. The second kappa shape index (κ2) is 6.36. The lowest BCUT2D eigenvalue weighted by molar-refractivity contribution is 0.239. The molecule has 4 nitrogen and oxygen atoms in total. The topological polar surface area (TPSA) is 41.1 Å². The number of para-hydroxylation sites is 1. The van der Waals surface area contributed by atoms with Gasteiger partial charge in [0.1, 0.15) is 5.75 Å². The molecule has 0 radical (unpaired) electrons. The number of ether oxygens (including phenoxy) is 1. The molecule has 1 N–H and O–H groups in total. The van der Waals surface area contributed by atoms with Gasteiger partial charge < -0.3 is 4.74 Å². The smallest absolute Gasteiger partial charge is 0.123 e. The highest BCUT2D eigenvalue weighted by Crippen LogP contribution is 2.32. The van der Waals surface area contributed by atoms with Crippen LogP contribution in [0.2, 0.25) is 0 Å². The Morgan fingerprint density at radius 2 is 1.96 bits per heavy atom. The van der Waals surface area contributed by atoms with Crippen molar-refractivity contribution in [2.45, 2.75) is 58.2 Å². The van der Waals surface area contributed by atoms with E-state index in [9.17, 15) is 0 Å². The number of H-pyrrole nitrogens is 1. The summed E-state index contributed by atoms with van der Waals surface area (Å²) in [4.78, 5) is 2.53. The first kappa shape index (κ1) is 16.1. The molecule has 0 atom stereocenters. The number of benzene rings is 1. The van der Waals surface area contributed by atoms with Crippen molar-refractivity contribution in [3.63, 3.8) is 0 Å². The lowest BCUT2D eigenvalue weighted by Gasteiger charge is -2.22. The molecule has 124 valence electrons. The Labute approximate surface area is 138 Å². The van der Waals surface area contributed by atoms with Crippen molar-refractivity contribution in [2.75, 3.05) is 7.11 Å². The van der Waals surface area contributed by atoms with Crippen molar-refractivity contribution < 1.29 is 4.74 Å². The zero-order valence-electron chi connectivity index (χ0n) is 14.6. The summed E-state index contributed by atoms with van der Waals surface area (Å²) in [5, 5.41) is 7.70. The number of hydrogen-bond acceptors (Lipinski definition) is 3. The highest BCUT2D eigenvalue weighted by Gasteiger charge is 2.30. The van der Waals surface area contributed by atoms with Gasteiger partial charge in [0.05, 0.1) is 12.8 Å². The monoisotopic (exact) mass is 313 g/mol. The number of rotatable bonds is 6. The van der Waals surface area contributed by atoms with Crippen LogP contribution >= 0.6 is 0 Å². The Hall–Kier alpha value is -1.81. The minimum Gasteiger partial charge on any atom is -0.496 e. The largest absolute Gasteiger partial charge is 0.496 e. The molecular weight excluding hydrogens is 286 g/mol. The molecule has 1 aromatic carbocycles. The summed E-state index contributed by atoms with van der Waals surface area (Å²) in [6.45, 7) is 8.41. The standard InChI is InChI=1S/C19H27N3O/c1-19(2,3)18-11-15(20-21-18)13-22(16-9-10-16)12-14-7-5-6-8-17(14)23-4/h5-8,11,16H,9-10,12-13H2,1-4H3,(H,20,21). The Kier molecular flexibility index (Phi) is 4.44. The number of hydrogen-bond donors (Lipinski definition) is 1. The third-order valence-electron chi connectivity index (χ3n) is 4.40. The van der Waals surface area contributed by atoms with E-state index in [0.29, 0.717) is 6.04 Å². The number of methoxy groups -OCH3 is 1. The molecule has 1 heterocycles. The third kappa shape index (κ3) is 3.94. The highest BCUT2D eigenvalue weighted by molar-refractivity contribution is 5.33. The van der Waals surface area contributed by atoms with Gasteiger partial charge in [-0.3, -0.25) is 10.00 Å². The SMILES string of the molecule is COc1ccccc1CN(Cc1cc(C(C)(C)C)n[nH]1)C1CC1. The first-order valence-electron chi connectivity index (χ1n) is 8.38. The maximum Gasteiger partial charge on any atom is 0.123 e. The van der Waals surface area contributed by atoms with Crippen LogP contribution in [0.4, 0.5) is 0 Å². The second-order valence-corrected chi connectivity index (χ2v) is 7.48. The minimum absolute atomic E-state index is 0.0851. The molecule has 0 unspecified atom stereocenters. The predicted molar refractivity (Wildman–Crippen MR) is 92.6 cm³/mol. The molecule has 0 amide bonds. The van der Waals surface area contributed by atoms with Gasteiger partial charge in [0.15, 0.2) is 0 Å². The fourth-order valence-corrected chi connectivity index (χ4v) is 2.85. The van der Waals surface area contributed by atoms with E-state index in [0.717, 1.165) is 24.5 Å². The Bertz CT molecular complexity index is 653. The molecule has 23 heavy (non-hydrogen) atoms. The fourth-order valence-electron chi connectivity index (χ4n) is 2.85. The number of aromatic nitrogens is 2. The summed E-state index contributed by atoms with van der Waals surface area (Å²) in [6, 6.07) is 11.2. The first-order valence-corrected chi connectivity index (χ1v) is 8.38. The second-order valence-electron chi connectivity index (χ2n) is 7.48. The summed E-state index contributed by atoms with van der Waals surface area (Å²) in [7, 11) is 1.74. The maximum absolute atomic E-state index is 5.50. The van der Waals surface area contributed by atoms with Crippen LogP contribution in [-0.4, -0.2) is 28.2 Å². The molecule has 1 aliphatic carbocycles. The summed E-state index contributed by atoms with van der Waals surface area (Å²) < 4.78 is 5.50. The van der Waals surface area contributed by atoms with Crippen LogP contribution in [0, 0.1) is 0 Å². The van der Waals surface area contributed by atoms with E-state index < -0.39 is 0 Å². The third-order valence-corrected chi connectivity index (χ3v) is 4.40. The molecule has 0 aliphatic heterocycles. The van der Waals surface area contributed by atoms with Crippen molar-refractivity contribution >= 4 is 0 Å². The average molecular weight is 313 g/mol. The number of nitrogens with zero attached hydrogens (tertiary/aromatic N) is 2. The number of nitrogens with one attached hydrogen (secondary N) is 1. The lowest BCUT2D eigenvalue weighted by atomic mass is 9.92. The first-order chi connectivity index (χ1) is 11.0. The molecule has 0 saturated heterocycles. The minimum atomic E-state index is 0.0851. The molecule has 0 spiro atoms. The van der Waals surface area contributed by atoms with E-state index in [1.54, 1.807) is 7.11 Å². The van der Waals surface area contributed by atoms with Crippen LogP contribution in [0.25, 0.3) is 0 Å². The molecule has 1 aromatic heterocycles. The van der Waals surface area contributed by atoms with E-state index in [1.807, 2.05) is 12.1 Å². The summed E-state index contributed by atoms with van der Waals surface area (Å²) in [5.74, 6) is 0.971. The van der Waals surface area contributed by atoms with Gasteiger partial charge in [-0.15, -0.1) is 0 Å². The zero-order valence-corrected chi connectivity index (χ0v) is 14.6.